The number of piperazine rings is 1. The summed E-state index contributed by atoms with van der Waals surface area (Å²) in [6, 6.07) is 15.9. The quantitative estimate of drug-likeness (QED) is 0.616. The Labute approximate surface area is 203 Å². The van der Waals surface area contributed by atoms with Crippen molar-refractivity contribution in [1.29, 1.82) is 0 Å². The van der Waals surface area contributed by atoms with Crippen LogP contribution in [0.15, 0.2) is 48.5 Å². The van der Waals surface area contributed by atoms with E-state index in [0.717, 1.165) is 28.8 Å². The zero-order chi connectivity index (χ0) is 24.6. The summed E-state index contributed by atoms with van der Waals surface area (Å²) in [6.45, 7) is 12.1. The molecule has 3 amide bonds. The van der Waals surface area contributed by atoms with Gasteiger partial charge in [-0.1, -0.05) is 49.4 Å². The van der Waals surface area contributed by atoms with Crippen LogP contribution in [0.3, 0.4) is 0 Å². The second-order valence-corrected chi connectivity index (χ2v) is 9.70. The van der Waals surface area contributed by atoms with Crippen LogP contribution in [0.5, 0.6) is 0 Å². The Bertz CT molecular complexity index is 962. The van der Waals surface area contributed by atoms with Crippen LogP contribution in [0.25, 0.3) is 0 Å². The van der Waals surface area contributed by atoms with Crippen LogP contribution in [0, 0.1) is 0 Å². The van der Waals surface area contributed by atoms with E-state index in [1.54, 1.807) is 0 Å². The normalized spacial score (nSPS) is 14.6. The fraction of sp³-hybridized carbons (Fsp3) is 0.481. The number of amides is 3. The number of nitrogens with zero attached hydrogens (tertiary/aromatic N) is 2. The molecule has 0 radical (unpaired) electrons. The number of urea groups is 1. The molecular weight excluding hydrogens is 428 g/mol. The van der Waals surface area contributed by atoms with Gasteiger partial charge in [-0.25, -0.2) is 4.79 Å². The summed E-state index contributed by atoms with van der Waals surface area (Å²) >= 11 is 0. The van der Waals surface area contributed by atoms with E-state index in [2.05, 4.69) is 28.5 Å². The number of rotatable bonds is 8. The molecule has 3 rings (SSSR count). The topological polar surface area (TPSA) is 73.9 Å². The first-order chi connectivity index (χ1) is 16.2. The van der Waals surface area contributed by atoms with Gasteiger partial charge in [0.15, 0.2) is 0 Å². The van der Waals surface area contributed by atoms with Gasteiger partial charge in [-0.05, 0) is 49.9 Å². The highest BCUT2D eigenvalue weighted by Crippen LogP contribution is 2.16. The maximum Gasteiger partial charge on any atom is 0.317 e. The van der Waals surface area contributed by atoms with Crippen LogP contribution in [0.4, 0.5) is 10.5 Å². The minimum atomic E-state index is -0.187. The summed E-state index contributed by atoms with van der Waals surface area (Å²) in [5.41, 5.74) is 3.96. The van der Waals surface area contributed by atoms with Crippen molar-refractivity contribution in [3.05, 3.63) is 65.2 Å². The Balaban J connectivity index is 1.40. The molecule has 0 atom stereocenters. The number of anilines is 1. The largest absolute Gasteiger partial charge is 0.371 e. The molecule has 1 saturated heterocycles. The van der Waals surface area contributed by atoms with E-state index in [1.165, 1.54) is 0 Å². The highest BCUT2D eigenvalue weighted by atomic mass is 16.5. The Morgan fingerprint density at radius 3 is 2.38 bits per heavy atom. The summed E-state index contributed by atoms with van der Waals surface area (Å²) in [5.74, 6) is -0.0193. The molecule has 1 aliphatic rings. The van der Waals surface area contributed by atoms with E-state index in [0.29, 0.717) is 45.9 Å². The van der Waals surface area contributed by atoms with Crippen molar-refractivity contribution in [3.63, 3.8) is 0 Å². The molecule has 2 N–H and O–H groups in total. The Morgan fingerprint density at radius 1 is 0.971 bits per heavy atom. The van der Waals surface area contributed by atoms with Crippen molar-refractivity contribution in [2.24, 2.45) is 0 Å². The molecule has 1 aliphatic heterocycles. The highest BCUT2D eigenvalue weighted by Gasteiger charge is 2.22. The molecule has 2 aromatic carbocycles. The number of aryl methyl sites for hydroxylation is 1. The van der Waals surface area contributed by atoms with Gasteiger partial charge in [0.2, 0.25) is 5.91 Å². The van der Waals surface area contributed by atoms with Crippen molar-refractivity contribution < 1.29 is 14.3 Å². The molecular formula is C27H38N4O3. The van der Waals surface area contributed by atoms with Gasteiger partial charge < -0.3 is 20.3 Å². The van der Waals surface area contributed by atoms with Crippen LogP contribution >= 0.6 is 0 Å². The van der Waals surface area contributed by atoms with Crippen molar-refractivity contribution in [1.82, 2.24) is 15.1 Å². The Hall–Kier alpha value is -2.90. The molecule has 7 heteroatoms. The number of hydrogen-bond donors (Lipinski definition) is 2. The third-order valence-corrected chi connectivity index (χ3v) is 5.81. The minimum Gasteiger partial charge on any atom is -0.371 e. The molecule has 2 aromatic rings. The predicted octanol–water partition coefficient (Wildman–Crippen LogP) is 4.03. The highest BCUT2D eigenvalue weighted by molar-refractivity contribution is 5.93. The van der Waals surface area contributed by atoms with Crippen molar-refractivity contribution in [2.75, 3.05) is 38.0 Å². The first-order valence-corrected chi connectivity index (χ1v) is 12.1. The smallest absolute Gasteiger partial charge is 0.317 e. The fourth-order valence-electron chi connectivity index (χ4n) is 3.87. The van der Waals surface area contributed by atoms with E-state index in [4.69, 9.17) is 4.74 Å². The third-order valence-electron chi connectivity index (χ3n) is 5.81. The fourth-order valence-corrected chi connectivity index (χ4v) is 3.87. The van der Waals surface area contributed by atoms with Gasteiger partial charge in [-0.15, -0.1) is 0 Å². The molecule has 0 unspecified atom stereocenters. The van der Waals surface area contributed by atoms with E-state index >= 15 is 0 Å². The third kappa shape index (κ3) is 8.15. The van der Waals surface area contributed by atoms with Crippen LogP contribution in [0.1, 0.15) is 44.4 Å². The van der Waals surface area contributed by atoms with Crippen molar-refractivity contribution in [2.45, 2.75) is 52.9 Å². The average Bonchev–Trinajstić information content (AvgIpc) is 2.82. The number of para-hydroxylation sites is 1. The molecule has 1 heterocycles. The van der Waals surface area contributed by atoms with E-state index in [-0.39, 0.29) is 17.5 Å². The van der Waals surface area contributed by atoms with E-state index in [9.17, 15) is 9.59 Å². The van der Waals surface area contributed by atoms with Gasteiger partial charge in [-0.3, -0.25) is 9.69 Å². The molecule has 0 spiro atoms. The predicted molar refractivity (Wildman–Crippen MR) is 136 cm³/mol. The first kappa shape index (κ1) is 25.7. The summed E-state index contributed by atoms with van der Waals surface area (Å²) in [5, 5.41) is 6.04. The standard InChI is InChI=1S/C27H38N4O3/c1-5-23-11-6-7-12-24(23)29-25(32)19-30-13-15-31(16-14-30)26(33)28-18-21-9-8-10-22(17-21)20-34-27(2,3)4/h6-12,17H,5,13-16,18-20H2,1-4H3,(H,28,33)(H,29,32). The average molecular weight is 467 g/mol. The summed E-state index contributed by atoms with van der Waals surface area (Å²) < 4.78 is 5.84. The summed E-state index contributed by atoms with van der Waals surface area (Å²) in [4.78, 5) is 29.0. The van der Waals surface area contributed by atoms with Gasteiger partial charge in [0.25, 0.3) is 0 Å². The molecule has 0 saturated carbocycles. The van der Waals surface area contributed by atoms with Gasteiger partial charge in [0.1, 0.15) is 0 Å². The number of benzene rings is 2. The maximum absolute atomic E-state index is 12.6. The lowest BCUT2D eigenvalue weighted by atomic mass is 10.1. The summed E-state index contributed by atoms with van der Waals surface area (Å²) in [7, 11) is 0. The molecule has 0 aromatic heterocycles. The van der Waals surface area contributed by atoms with Crippen LogP contribution < -0.4 is 10.6 Å². The zero-order valence-corrected chi connectivity index (χ0v) is 20.9. The molecule has 1 fully saturated rings. The number of carbonyl (C=O) groups excluding carboxylic acids is 2. The Morgan fingerprint density at radius 2 is 1.68 bits per heavy atom. The molecule has 34 heavy (non-hydrogen) atoms. The lowest BCUT2D eigenvalue weighted by Gasteiger charge is -2.34. The summed E-state index contributed by atoms with van der Waals surface area (Å²) in [6.07, 6.45) is 0.874. The SMILES string of the molecule is CCc1ccccc1NC(=O)CN1CCN(C(=O)NCc2cccc(COC(C)(C)C)c2)CC1. The van der Waals surface area contributed by atoms with Gasteiger partial charge in [0, 0.05) is 38.4 Å². The zero-order valence-electron chi connectivity index (χ0n) is 20.9. The number of nitrogens with one attached hydrogen (secondary N) is 2. The molecule has 184 valence electrons. The van der Waals surface area contributed by atoms with Gasteiger partial charge >= 0.3 is 6.03 Å². The molecule has 0 bridgehead atoms. The lowest BCUT2D eigenvalue weighted by Crippen LogP contribution is -2.52. The first-order valence-electron chi connectivity index (χ1n) is 12.1. The second kappa shape index (κ2) is 12.0. The van der Waals surface area contributed by atoms with Crippen LogP contribution in [-0.4, -0.2) is 60.1 Å². The molecule has 0 aliphatic carbocycles. The van der Waals surface area contributed by atoms with Crippen molar-refractivity contribution in [3.8, 4) is 0 Å². The van der Waals surface area contributed by atoms with E-state index < -0.39 is 0 Å². The van der Waals surface area contributed by atoms with E-state index in [1.807, 2.05) is 68.1 Å². The monoisotopic (exact) mass is 466 g/mol. The number of carbonyl (C=O) groups is 2. The number of ether oxygens (including phenoxy) is 1. The minimum absolute atomic E-state index is 0.0193. The van der Waals surface area contributed by atoms with Crippen LogP contribution in [-0.2, 0) is 29.1 Å². The van der Waals surface area contributed by atoms with Crippen molar-refractivity contribution >= 4 is 17.6 Å². The maximum atomic E-state index is 12.6. The van der Waals surface area contributed by atoms with Crippen LogP contribution in [0.2, 0.25) is 0 Å². The molecule has 7 nitrogen and oxygen atoms in total. The number of hydrogen-bond acceptors (Lipinski definition) is 4. The lowest BCUT2D eigenvalue weighted by molar-refractivity contribution is -0.117. The second-order valence-electron chi connectivity index (χ2n) is 9.70. The Kier molecular flexibility index (Phi) is 9.07. The van der Waals surface area contributed by atoms with Gasteiger partial charge in [0.05, 0.1) is 18.8 Å². The van der Waals surface area contributed by atoms with Gasteiger partial charge in [-0.2, -0.15) is 0 Å².